The SMILES string of the molecule is OC1(CN2CCOC[C@](O)(COc3ccc(F)cc3)C2)CCCCCC1. The van der Waals surface area contributed by atoms with E-state index in [4.69, 9.17) is 9.47 Å². The molecule has 2 aliphatic rings. The van der Waals surface area contributed by atoms with E-state index in [2.05, 4.69) is 4.90 Å². The molecule has 146 valence electrons. The minimum atomic E-state index is -1.16. The van der Waals surface area contributed by atoms with Gasteiger partial charge in [0, 0.05) is 19.6 Å². The molecule has 2 N–H and O–H groups in total. The maximum absolute atomic E-state index is 13.0. The van der Waals surface area contributed by atoms with Gasteiger partial charge in [0.25, 0.3) is 0 Å². The highest BCUT2D eigenvalue weighted by Gasteiger charge is 2.37. The number of rotatable bonds is 5. The van der Waals surface area contributed by atoms with Gasteiger partial charge in [0.1, 0.15) is 23.8 Å². The fourth-order valence-corrected chi connectivity index (χ4v) is 3.93. The van der Waals surface area contributed by atoms with Gasteiger partial charge in [-0.3, -0.25) is 4.90 Å². The van der Waals surface area contributed by atoms with E-state index in [1.807, 2.05) is 0 Å². The van der Waals surface area contributed by atoms with Crippen molar-refractivity contribution in [1.82, 2.24) is 4.90 Å². The molecule has 3 rings (SSSR count). The van der Waals surface area contributed by atoms with Gasteiger partial charge in [-0.1, -0.05) is 25.7 Å². The molecular weight excluding hydrogens is 337 g/mol. The molecule has 1 saturated heterocycles. The third-order valence-electron chi connectivity index (χ3n) is 5.31. The van der Waals surface area contributed by atoms with Crippen LogP contribution in [-0.4, -0.2) is 65.8 Å². The molecule has 1 aromatic carbocycles. The Balaban J connectivity index is 1.59. The molecule has 2 fully saturated rings. The van der Waals surface area contributed by atoms with Crippen molar-refractivity contribution in [2.75, 3.05) is 39.5 Å². The molecule has 26 heavy (non-hydrogen) atoms. The van der Waals surface area contributed by atoms with Gasteiger partial charge >= 0.3 is 0 Å². The minimum Gasteiger partial charge on any atom is -0.490 e. The van der Waals surface area contributed by atoms with Gasteiger partial charge in [-0.25, -0.2) is 4.39 Å². The van der Waals surface area contributed by atoms with Crippen LogP contribution in [0.3, 0.4) is 0 Å². The van der Waals surface area contributed by atoms with Crippen molar-refractivity contribution in [2.45, 2.75) is 49.7 Å². The van der Waals surface area contributed by atoms with E-state index >= 15 is 0 Å². The van der Waals surface area contributed by atoms with E-state index < -0.39 is 11.2 Å². The molecule has 0 unspecified atom stereocenters. The summed E-state index contributed by atoms with van der Waals surface area (Å²) in [4.78, 5) is 2.09. The van der Waals surface area contributed by atoms with Crippen LogP contribution in [0.25, 0.3) is 0 Å². The molecular formula is C20H30FNO4. The Bertz CT molecular complexity index is 559. The van der Waals surface area contributed by atoms with Gasteiger partial charge in [0.15, 0.2) is 0 Å². The molecule has 6 heteroatoms. The van der Waals surface area contributed by atoms with Crippen LogP contribution >= 0.6 is 0 Å². The number of benzene rings is 1. The summed E-state index contributed by atoms with van der Waals surface area (Å²) in [5.41, 5.74) is -1.84. The van der Waals surface area contributed by atoms with Crippen LogP contribution < -0.4 is 4.74 Å². The highest BCUT2D eigenvalue weighted by Crippen LogP contribution is 2.29. The lowest BCUT2D eigenvalue weighted by atomic mass is 9.93. The van der Waals surface area contributed by atoms with Crippen LogP contribution in [-0.2, 0) is 4.74 Å². The van der Waals surface area contributed by atoms with E-state index in [-0.39, 0.29) is 19.0 Å². The van der Waals surface area contributed by atoms with Gasteiger partial charge in [0.05, 0.1) is 18.8 Å². The van der Waals surface area contributed by atoms with E-state index in [1.54, 1.807) is 12.1 Å². The van der Waals surface area contributed by atoms with Gasteiger partial charge in [-0.05, 0) is 37.1 Å². The van der Waals surface area contributed by atoms with Gasteiger partial charge in [-0.2, -0.15) is 0 Å². The van der Waals surface area contributed by atoms with E-state index in [0.29, 0.717) is 32.0 Å². The van der Waals surface area contributed by atoms with E-state index in [9.17, 15) is 14.6 Å². The van der Waals surface area contributed by atoms with Crippen molar-refractivity contribution in [3.05, 3.63) is 30.1 Å². The summed E-state index contributed by atoms with van der Waals surface area (Å²) in [6.45, 7) is 2.39. The first-order valence-corrected chi connectivity index (χ1v) is 9.60. The number of hydrogen-bond acceptors (Lipinski definition) is 5. The largest absolute Gasteiger partial charge is 0.490 e. The summed E-state index contributed by atoms with van der Waals surface area (Å²) >= 11 is 0. The fourth-order valence-electron chi connectivity index (χ4n) is 3.93. The van der Waals surface area contributed by atoms with Gasteiger partial charge < -0.3 is 19.7 Å². The second-order valence-corrected chi connectivity index (χ2v) is 7.87. The Kier molecular flexibility index (Phi) is 6.51. The third-order valence-corrected chi connectivity index (χ3v) is 5.31. The molecule has 1 atom stereocenters. The highest BCUT2D eigenvalue weighted by molar-refractivity contribution is 5.22. The van der Waals surface area contributed by atoms with Crippen LogP contribution in [0.4, 0.5) is 4.39 Å². The van der Waals surface area contributed by atoms with Crippen molar-refractivity contribution in [2.24, 2.45) is 0 Å². The van der Waals surface area contributed by atoms with Crippen molar-refractivity contribution >= 4 is 0 Å². The molecule has 1 saturated carbocycles. The molecule has 0 radical (unpaired) electrons. The molecule has 0 spiro atoms. The maximum atomic E-state index is 13.0. The Morgan fingerprint density at radius 2 is 1.73 bits per heavy atom. The standard InChI is InChI=1S/C20H30FNO4/c21-17-5-7-18(8-6-17)26-16-20(24)14-22(11-12-25-15-20)13-19(23)9-3-1-2-4-10-19/h5-8,23-24H,1-4,9-16H2/t20-/m0/s1. The Morgan fingerprint density at radius 3 is 2.42 bits per heavy atom. The summed E-state index contributed by atoms with van der Waals surface area (Å²) in [5, 5.41) is 21.9. The first kappa shape index (κ1) is 19.5. The van der Waals surface area contributed by atoms with Crippen LogP contribution in [0.15, 0.2) is 24.3 Å². The first-order chi connectivity index (χ1) is 12.5. The lowest BCUT2D eigenvalue weighted by Gasteiger charge is -2.36. The lowest BCUT2D eigenvalue weighted by Crippen LogP contribution is -2.52. The number of hydrogen-bond donors (Lipinski definition) is 2. The average Bonchev–Trinajstić information content (AvgIpc) is 2.93. The lowest BCUT2D eigenvalue weighted by molar-refractivity contribution is -0.0733. The zero-order chi connectivity index (χ0) is 18.5. The van der Waals surface area contributed by atoms with Crippen LogP contribution in [0, 0.1) is 5.82 Å². The average molecular weight is 367 g/mol. The Hall–Kier alpha value is -1.21. The molecule has 0 amide bonds. The summed E-state index contributed by atoms with van der Waals surface area (Å²) in [6.07, 6.45) is 6.10. The maximum Gasteiger partial charge on any atom is 0.134 e. The molecule has 0 bridgehead atoms. The third kappa shape index (κ3) is 5.64. The van der Waals surface area contributed by atoms with Crippen molar-refractivity contribution < 1.29 is 24.1 Å². The van der Waals surface area contributed by atoms with Crippen molar-refractivity contribution in [3.8, 4) is 5.75 Å². The summed E-state index contributed by atoms with van der Waals surface area (Å²) in [6, 6.07) is 5.75. The van der Waals surface area contributed by atoms with E-state index in [1.165, 1.54) is 25.0 Å². The molecule has 0 aromatic heterocycles. The van der Waals surface area contributed by atoms with Crippen LogP contribution in [0.1, 0.15) is 38.5 Å². The predicted octanol–water partition coefficient (Wildman–Crippen LogP) is 2.35. The number of ether oxygens (including phenoxy) is 2. The van der Waals surface area contributed by atoms with Crippen molar-refractivity contribution in [1.29, 1.82) is 0 Å². The van der Waals surface area contributed by atoms with Crippen molar-refractivity contribution in [3.63, 3.8) is 0 Å². The zero-order valence-corrected chi connectivity index (χ0v) is 15.3. The molecule has 5 nitrogen and oxygen atoms in total. The summed E-state index contributed by atoms with van der Waals surface area (Å²) in [5.74, 6) is 0.190. The molecule has 1 aliphatic carbocycles. The fraction of sp³-hybridized carbons (Fsp3) is 0.700. The van der Waals surface area contributed by atoms with Crippen LogP contribution in [0.2, 0.25) is 0 Å². The minimum absolute atomic E-state index is 0.0631. The van der Waals surface area contributed by atoms with Gasteiger partial charge in [0.2, 0.25) is 0 Å². The second kappa shape index (κ2) is 8.65. The summed E-state index contributed by atoms with van der Waals surface area (Å²) < 4.78 is 24.2. The quantitative estimate of drug-likeness (QED) is 0.783. The number of β-amino-alcohol motifs (C(OH)–C–C–N with tert-alkyl or cyclic N) is 2. The van der Waals surface area contributed by atoms with E-state index in [0.717, 1.165) is 25.7 Å². The normalized spacial score (nSPS) is 27.5. The van der Waals surface area contributed by atoms with Gasteiger partial charge in [-0.15, -0.1) is 0 Å². The molecule has 1 heterocycles. The predicted molar refractivity (Wildman–Crippen MR) is 96.8 cm³/mol. The number of nitrogens with zero attached hydrogens (tertiary/aromatic N) is 1. The highest BCUT2D eigenvalue weighted by atomic mass is 19.1. The number of aliphatic hydroxyl groups is 2. The van der Waals surface area contributed by atoms with Crippen LogP contribution in [0.5, 0.6) is 5.75 Å². The Labute approximate surface area is 154 Å². The first-order valence-electron chi connectivity index (χ1n) is 9.60. The Morgan fingerprint density at radius 1 is 1.04 bits per heavy atom. The topological polar surface area (TPSA) is 62.2 Å². The smallest absolute Gasteiger partial charge is 0.134 e. The molecule has 1 aromatic rings. The molecule has 1 aliphatic heterocycles. The second-order valence-electron chi connectivity index (χ2n) is 7.87. The number of halogens is 1. The summed E-state index contributed by atoms with van der Waals surface area (Å²) in [7, 11) is 0. The zero-order valence-electron chi connectivity index (χ0n) is 15.3. The monoisotopic (exact) mass is 367 g/mol.